The summed E-state index contributed by atoms with van der Waals surface area (Å²) in [5.74, 6) is 0.751. The molecule has 0 spiro atoms. The molecule has 0 radical (unpaired) electrons. The zero-order chi connectivity index (χ0) is 22.6. The van der Waals surface area contributed by atoms with Gasteiger partial charge in [-0.05, 0) is 29.8 Å². The lowest BCUT2D eigenvalue weighted by Crippen LogP contribution is -2.37. The molecule has 2 aromatic carbocycles. The molecule has 1 aliphatic heterocycles. The molecule has 2 aromatic heterocycles. The maximum absolute atomic E-state index is 13.4. The van der Waals surface area contributed by atoms with Crippen LogP contribution < -0.4 is 16.0 Å². The van der Waals surface area contributed by atoms with Crippen LogP contribution in [0.15, 0.2) is 62.6 Å². The summed E-state index contributed by atoms with van der Waals surface area (Å²) in [5, 5.41) is 0.520. The van der Waals surface area contributed by atoms with Crippen LogP contribution in [-0.4, -0.2) is 27.4 Å². The summed E-state index contributed by atoms with van der Waals surface area (Å²) in [6, 6.07) is 15.5. The predicted molar refractivity (Wildman–Crippen MR) is 126 cm³/mol. The second-order valence-electron chi connectivity index (χ2n) is 7.85. The van der Waals surface area contributed by atoms with Crippen molar-refractivity contribution in [3.05, 3.63) is 85.1 Å². The van der Waals surface area contributed by atoms with Crippen molar-refractivity contribution in [1.82, 2.24) is 13.7 Å². The highest BCUT2D eigenvalue weighted by Gasteiger charge is 2.33. The Bertz CT molecular complexity index is 1460. The molecule has 1 atom stereocenters. The quantitative estimate of drug-likeness (QED) is 0.435. The van der Waals surface area contributed by atoms with Crippen molar-refractivity contribution in [2.75, 3.05) is 13.7 Å². The zero-order valence-corrected chi connectivity index (χ0v) is 19.5. The van der Waals surface area contributed by atoms with Crippen LogP contribution in [0.2, 0.25) is 0 Å². The fourth-order valence-corrected chi connectivity index (χ4v) is 4.95. The summed E-state index contributed by atoms with van der Waals surface area (Å²) in [4.78, 5) is 26.3. The third-order valence-corrected chi connectivity index (χ3v) is 6.56. The van der Waals surface area contributed by atoms with Gasteiger partial charge in [0.15, 0.2) is 0 Å². The molecule has 4 aromatic rings. The van der Waals surface area contributed by atoms with Gasteiger partial charge < -0.3 is 14.0 Å². The van der Waals surface area contributed by atoms with Crippen LogP contribution >= 0.6 is 15.9 Å². The van der Waals surface area contributed by atoms with E-state index in [2.05, 4.69) is 20.5 Å². The lowest BCUT2D eigenvalue weighted by Gasteiger charge is -2.28. The molecular weight excluding hydrogens is 474 g/mol. The van der Waals surface area contributed by atoms with Gasteiger partial charge in [0.25, 0.3) is 5.56 Å². The average Bonchev–Trinajstić information content (AvgIpc) is 3.17. The summed E-state index contributed by atoms with van der Waals surface area (Å²) in [5.41, 5.74) is 3.37. The molecule has 164 valence electrons. The van der Waals surface area contributed by atoms with Crippen molar-refractivity contribution >= 4 is 26.8 Å². The predicted octanol–water partition coefficient (Wildman–Crippen LogP) is 3.60. The summed E-state index contributed by atoms with van der Waals surface area (Å²) < 4.78 is 17.3. The Labute approximate surface area is 192 Å². The number of aryl methyl sites for hydroxylation is 1. The first-order valence-corrected chi connectivity index (χ1v) is 11.0. The minimum Gasteiger partial charge on any atom is -0.497 e. The lowest BCUT2D eigenvalue weighted by molar-refractivity contribution is 0.0478. The van der Waals surface area contributed by atoms with Crippen LogP contribution in [-0.2, 0) is 25.4 Å². The normalized spacial score (nSPS) is 15.7. The maximum atomic E-state index is 13.4. The molecule has 0 aliphatic carbocycles. The van der Waals surface area contributed by atoms with E-state index in [-0.39, 0.29) is 11.2 Å². The first-order chi connectivity index (χ1) is 15.4. The van der Waals surface area contributed by atoms with E-state index in [1.807, 2.05) is 48.5 Å². The minimum absolute atomic E-state index is 0.312. The summed E-state index contributed by atoms with van der Waals surface area (Å²) in [6.45, 7) is 1.07. The Kier molecular flexibility index (Phi) is 5.06. The van der Waals surface area contributed by atoms with E-state index in [9.17, 15) is 9.59 Å². The lowest BCUT2D eigenvalue weighted by atomic mass is 10.0. The standard InChI is InChI=1S/C24H22BrN3O4/c1-26-20-18(23(29)27(2)24(26)30)19(15-5-4-6-16(25)13-15)28-11-12-32-22(21(20)28)14-7-9-17(31-3)10-8-14/h4-10,13,22H,11-12H2,1-3H3/t22-/m0/s1. The fourth-order valence-electron chi connectivity index (χ4n) is 4.55. The van der Waals surface area contributed by atoms with Crippen LogP contribution in [0, 0.1) is 0 Å². The Hall–Kier alpha value is -3.10. The monoisotopic (exact) mass is 495 g/mol. The number of hydrogen-bond donors (Lipinski definition) is 0. The van der Waals surface area contributed by atoms with Gasteiger partial charge in [0.1, 0.15) is 11.9 Å². The van der Waals surface area contributed by atoms with E-state index in [1.54, 1.807) is 18.7 Å². The molecule has 0 amide bonds. The highest BCUT2D eigenvalue weighted by atomic mass is 79.9. The van der Waals surface area contributed by atoms with Crippen molar-refractivity contribution in [3.63, 3.8) is 0 Å². The first kappa shape index (κ1) is 20.8. The second-order valence-corrected chi connectivity index (χ2v) is 8.76. The number of aromatic nitrogens is 3. The van der Waals surface area contributed by atoms with Crippen LogP contribution in [0.25, 0.3) is 22.2 Å². The number of benzene rings is 2. The van der Waals surface area contributed by atoms with Gasteiger partial charge in [-0.1, -0.05) is 40.2 Å². The second kappa shape index (κ2) is 7.79. The van der Waals surface area contributed by atoms with Gasteiger partial charge in [0.05, 0.1) is 36.0 Å². The Morgan fingerprint density at radius 2 is 1.81 bits per heavy atom. The number of halogens is 1. The Morgan fingerprint density at radius 3 is 2.50 bits per heavy atom. The molecule has 32 heavy (non-hydrogen) atoms. The molecule has 0 bridgehead atoms. The van der Waals surface area contributed by atoms with Crippen molar-refractivity contribution in [1.29, 1.82) is 0 Å². The van der Waals surface area contributed by atoms with Crippen molar-refractivity contribution in [2.24, 2.45) is 14.1 Å². The van der Waals surface area contributed by atoms with Crippen LogP contribution in [0.5, 0.6) is 5.75 Å². The van der Waals surface area contributed by atoms with E-state index < -0.39 is 6.10 Å². The molecule has 7 nitrogen and oxygen atoms in total. The molecule has 8 heteroatoms. The van der Waals surface area contributed by atoms with E-state index >= 15 is 0 Å². The SMILES string of the molecule is COc1ccc([C@@H]2OCCn3c(-c4cccc(Br)c4)c4c(=O)n(C)c(=O)n(C)c4c32)cc1. The van der Waals surface area contributed by atoms with Gasteiger partial charge >= 0.3 is 5.69 Å². The third kappa shape index (κ3) is 3.05. The van der Waals surface area contributed by atoms with Gasteiger partial charge in [-0.2, -0.15) is 0 Å². The van der Waals surface area contributed by atoms with Crippen molar-refractivity contribution in [2.45, 2.75) is 12.6 Å². The molecule has 0 unspecified atom stereocenters. The Morgan fingerprint density at radius 1 is 1.06 bits per heavy atom. The topological polar surface area (TPSA) is 67.4 Å². The third-order valence-electron chi connectivity index (χ3n) is 6.07. The molecule has 5 rings (SSSR count). The molecule has 3 heterocycles. The molecular formula is C24H22BrN3O4. The fraction of sp³-hybridized carbons (Fsp3) is 0.250. The van der Waals surface area contributed by atoms with E-state index in [1.165, 1.54) is 11.6 Å². The highest BCUT2D eigenvalue weighted by Crippen LogP contribution is 2.41. The van der Waals surface area contributed by atoms with E-state index in [0.717, 1.165) is 32.7 Å². The summed E-state index contributed by atoms with van der Waals surface area (Å²) in [7, 11) is 4.85. The maximum Gasteiger partial charge on any atom is 0.331 e. The van der Waals surface area contributed by atoms with Gasteiger partial charge in [0.2, 0.25) is 0 Å². The number of hydrogen-bond acceptors (Lipinski definition) is 4. The van der Waals surface area contributed by atoms with Crippen LogP contribution in [0.3, 0.4) is 0 Å². The van der Waals surface area contributed by atoms with E-state index in [4.69, 9.17) is 9.47 Å². The Balaban J connectivity index is 1.90. The highest BCUT2D eigenvalue weighted by molar-refractivity contribution is 9.10. The van der Waals surface area contributed by atoms with Gasteiger partial charge in [-0.3, -0.25) is 13.9 Å². The number of ether oxygens (including phenoxy) is 2. The molecule has 0 fully saturated rings. The molecule has 0 N–H and O–H groups in total. The minimum atomic E-state index is -0.421. The van der Waals surface area contributed by atoms with Crippen molar-refractivity contribution in [3.8, 4) is 17.0 Å². The van der Waals surface area contributed by atoms with Crippen molar-refractivity contribution < 1.29 is 9.47 Å². The first-order valence-electron chi connectivity index (χ1n) is 10.3. The number of methoxy groups -OCH3 is 1. The number of nitrogens with zero attached hydrogens (tertiary/aromatic N) is 3. The summed E-state index contributed by atoms with van der Waals surface area (Å²) in [6.07, 6.45) is -0.421. The van der Waals surface area contributed by atoms with Gasteiger partial charge in [-0.15, -0.1) is 0 Å². The number of rotatable bonds is 3. The average molecular weight is 496 g/mol. The molecule has 1 aliphatic rings. The number of fused-ring (bicyclic) bond motifs is 3. The van der Waals surface area contributed by atoms with Gasteiger partial charge in [0, 0.05) is 30.7 Å². The largest absolute Gasteiger partial charge is 0.497 e. The van der Waals surface area contributed by atoms with Gasteiger partial charge in [-0.25, -0.2) is 4.79 Å². The summed E-state index contributed by atoms with van der Waals surface area (Å²) >= 11 is 3.54. The van der Waals surface area contributed by atoms with E-state index in [0.29, 0.717) is 24.1 Å². The smallest absolute Gasteiger partial charge is 0.331 e. The molecule has 0 saturated carbocycles. The van der Waals surface area contributed by atoms with Crippen LogP contribution in [0.4, 0.5) is 0 Å². The zero-order valence-electron chi connectivity index (χ0n) is 18.0. The molecule has 0 saturated heterocycles. The van der Waals surface area contributed by atoms with Crippen LogP contribution in [0.1, 0.15) is 17.4 Å².